The van der Waals surface area contributed by atoms with Crippen LogP contribution in [-0.2, 0) is 0 Å². The molecule has 2 rings (SSSR count). The molecule has 1 aromatic heterocycles. The van der Waals surface area contributed by atoms with Crippen LogP contribution < -0.4 is 5.32 Å². The van der Waals surface area contributed by atoms with Crippen LogP contribution in [0.15, 0.2) is 40.9 Å². The van der Waals surface area contributed by atoms with Gasteiger partial charge in [-0.05, 0) is 41.1 Å². The van der Waals surface area contributed by atoms with Crippen molar-refractivity contribution < 1.29 is 4.92 Å². The molecule has 5 nitrogen and oxygen atoms in total. The van der Waals surface area contributed by atoms with E-state index in [1.807, 2.05) is 13.0 Å². The Labute approximate surface area is 112 Å². The standard InChI is InChI=1S/C12H10BrN3O2/c1-8-9(13)6-7-12(14-8)15-10-4-2-3-5-11(10)16(17)18/h2-7H,1H3,(H,14,15). The van der Waals surface area contributed by atoms with E-state index in [0.29, 0.717) is 11.5 Å². The van der Waals surface area contributed by atoms with Gasteiger partial charge in [-0.15, -0.1) is 0 Å². The molecular formula is C12H10BrN3O2. The van der Waals surface area contributed by atoms with Gasteiger partial charge < -0.3 is 5.32 Å². The normalized spacial score (nSPS) is 10.1. The zero-order chi connectivity index (χ0) is 13.1. The molecule has 18 heavy (non-hydrogen) atoms. The molecule has 0 unspecified atom stereocenters. The average Bonchev–Trinajstić information content (AvgIpc) is 2.34. The molecule has 1 heterocycles. The first-order valence-electron chi connectivity index (χ1n) is 5.21. The van der Waals surface area contributed by atoms with E-state index in [9.17, 15) is 10.1 Å². The quantitative estimate of drug-likeness (QED) is 0.691. The number of anilines is 2. The number of rotatable bonds is 3. The average molecular weight is 308 g/mol. The molecule has 0 aliphatic rings. The molecule has 0 spiro atoms. The van der Waals surface area contributed by atoms with Crippen LogP contribution in [0.25, 0.3) is 0 Å². The Hall–Kier alpha value is -1.95. The predicted octanol–water partition coefficient (Wildman–Crippen LogP) is 3.80. The van der Waals surface area contributed by atoms with Gasteiger partial charge in [0.1, 0.15) is 11.5 Å². The minimum atomic E-state index is -0.423. The third-order valence-corrected chi connectivity index (χ3v) is 3.22. The summed E-state index contributed by atoms with van der Waals surface area (Å²) in [7, 11) is 0. The van der Waals surface area contributed by atoms with E-state index in [-0.39, 0.29) is 5.69 Å². The van der Waals surface area contributed by atoms with Crippen LogP contribution >= 0.6 is 15.9 Å². The van der Waals surface area contributed by atoms with Gasteiger partial charge >= 0.3 is 0 Å². The molecule has 0 fully saturated rings. The summed E-state index contributed by atoms with van der Waals surface area (Å²) < 4.78 is 0.899. The maximum Gasteiger partial charge on any atom is 0.292 e. The number of hydrogen-bond donors (Lipinski definition) is 1. The number of nitro benzene ring substituents is 1. The fourth-order valence-corrected chi connectivity index (χ4v) is 1.71. The smallest absolute Gasteiger partial charge is 0.292 e. The van der Waals surface area contributed by atoms with Crippen molar-refractivity contribution in [1.29, 1.82) is 0 Å². The molecule has 0 atom stereocenters. The summed E-state index contributed by atoms with van der Waals surface area (Å²) >= 11 is 3.35. The Morgan fingerprint density at radius 3 is 2.67 bits per heavy atom. The lowest BCUT2D eigenvalue weighted by Gasteiger charge is -2.07. The van der Waals surface area contributed by atoms with E-state index in [1.165, 1.54) is 6.07 Å². The van der Waals surface area contributed by atoms with Crippen LogP contribution in [0.1, 0.15) is 5.69 Å². The SMILES string of the molecule is Cc1nc(Nc2ccccc2[N+](=O)[O-])ccc1Br. The molecular weight excluding hydrogens is 298 g/mol. The lowest BCUT2D eigenvalue weighted by atomic mass is 10.2. The molecule has 0 radical (unpaired) electrons. The molecule has 0 aliphatic heterocycles. The summed E-state index contributed by atoms with van der Waals surface area (Å²) in [4.78, 5) is 14.7. The highest BCUT2D eigenvalue weighted by Crippen LogP contribution is 2.27. The van der Waals surface area contributed by atoms with Crippen LogP contribution in [0.3, 0.4) is 0 Å². The van der Waals surface area contributed by atoms with Gasteiger partial charge in [-0.1, -0.05) is 12.1 Å². The first-order chi connectivity index (χ1) is 8.58. The monoisotopic (exact) mass is 307 g/mol. The number of nitrogens with zero attached hydrogens (tertiary/aromatic N) is 2. The number of halogens is 1. The zero-order valence-corrected chi connectivity index (χ0v) is 11.1. The van der Waals surface area contributed by atoms with Crippen molar-refractivity contribution >= 4 is 33.1 Å². The molecule has 92 valence electrons. The predicted molar refractivity (Wildman–Crippen MR) is 73.1 cm³/mol. The largest absolute Gasteiger partial charge is 0.335 e. The van der Waals surface area contributed by atoms with Gasteiger partial charge in [-0.25, -0.2) is 4.98 Å². The van der Waals surface area contributed by atoms with Gasteiger partial charge in [0, 0.05) is 10.5 Å². The van der Waals surface area contributed by atoms with E-state index in [1.54, 1.807) is 24.3 Å². The molecule has 0 saturated carbocycles. The van der Waals surface area contributed by atoms with Crippen LogP contribution in [0.5, 0.6) is 0 Å². The molecule has 0 amide bonds. The van der Waals surface area contributed by atoms with E-state index in [4.69, 9.17) is 0 Å². The number of aromatic nitrogens is 1. The third-order valence-electron chi connectivity index (χ3n) is 2.38. The second-order valence-corrected chi connectivity index (χ2v) is 4.52. The summed E-state index contributed by atoms with van der Waals surface area (Å²) in [5, 5.41) is 13.8. The third kappa shape index (κ3) is 2.65. The summed E-state index contributed by atoms with van der Waals surface area (Å²) in [5.41, 5.74) is 1.27. The summed E-state index contributed by atoms with van der Waals surface area (Å²) in [6.07, 6.45) is 0. The lowest BCUT2D eigenvalue weighted by Crippen LogP contribution is -1.99. The summed E-state index contributed by atoms with van der Waals surface area (Å²) in [6, 6.07) is 10.1. The maximum absolute atomic E-state index is 10.9. The Kier molecular flexibility index (Phi) is 3.57. The van der Waals surface area contributed by atoms with E-state index in [2.05, 4.69) is 26.2 Å². The van der Waals surface area contributed by atoms with Crippen molar-refractivity contribution in [3.63, 3.8) is 0 Å². The number of nitro groups is 1. The Balaban J connectivity index is 2.34. The van der Waals surface area contributed by atoms with Crippen molar-refractivity contribution in [2.45, 2.75) is 6.92 Å². The van der Waals surface area contributed by atoms with E-state index in [0.717, 1.165) is 10.2 Å². The van der Waals surface area contributed by atoms with Crippen molar-refractivity contribution in [3.05, 3.63) is 56.7 Å². The highest BCUT2D eigenvalue weighted by Gasteiger charge is 2.12. The fraction of sp³-hybridized carbons (Fsp3) is 0.0833. The van der Waals surface area contributed by atoms with Gasteiger partial charge in [-0.2, -0.15) is 0 Å². The highest BCUT2D eigenvalue weighted by atomic mass is 79.9. The maximum atomic E-state index is 10.9. The summed E-state index contributed by atoms with van der Waals surface area (Å²) in [6.45, 7) is 1.86. The van der Waals surface area contributed by atoms with Gasteiger partial charge in [0.05, 0.1) is 10.6 Å². The van der Waals surface area contributed by atoms with Crippen molar-refractivity contribution in [1.82, 2.24) is 4.98 Å². The molecule has 0 saturated heterocycles. The molecule has 2 aromatic rings. The molecule has 1 N–H and O–H groups in total. The van der Waals surface area contributed by atoms with Gasteiger partial charge in [0.25, 0.3) is 5.69 Å². The molecule has 0 bridgehead atoms. The fourth-order valence-electron chi connectivity index (χ4n) is 1.49. The topological polar surface area (TPSA) is 68.1 Å². The number of hydrogen-bond acceptors (Lipinski definition) is 4. The van der Waals surface area contributed by atoms with Gasteiger partial charge in [-0.3, -0.25) is 10.1 Å². The minimum Gasteiger partial charge on any atom is -0.335 e. The Morgan fingerprint density at radius 2 is 2.00 bits per heavy atom. The second kappa shape index (κ2) is 5.14. The van der Waals surface area contributed by atoms with Gasteiger partial charge in [0.15, 0.2) is 0 Å². The van der Waals surface area contributed by atoms with Crippen LogP contribution in [0.2, 0.25) is 0 Å². The zero-order valence-electron chi connectivity index (χ0n) is 9.55. The van der Waals surface area contributed by atoms with E-state index >= 15 is 0 Å². The van der Waals surface area contributed by atoms with Crippen molar-refractivity contribution in [2.75, 3.05) is 5.32 Å². The van der Waals surface area contributed by atoms with E-state index < -0.39 is 4.92 Å². The van der Waals surface area contributed by atoms with Crippen LogP contribution in [0.4, 0.5) is 17.2 Å². The summed E-state index contributed by atoms with van der Waals surface area (Å²) in [5.74, 6) is 0.574. The minimum absolute atomic E-state index is 0.0277. The van der Waals surface area contributed by atoms with Crippen molar-refractivity contribution in [2.24, 2.45) is 0 Å². The number of para-hydroxylation sites is 2. The first kappa shape index (κ1) is 12.5. The van der Waals surface area contributed by atoms with Crippen LogP contribution in [0, 0.1) is 17.0 Å². The first-order valence-corrected chi connectivity index (χ1v) is 6.01. The van der Waals surface area contributed by atoms with Gasteiger partial charge in [0.2, 0.25) is 0 Å². The van der Waals surface area contributed by atoms with Crippen LogP contribution in [-0.4, -0.2) is 9.91 Å². The molecule has 6 heteroatoms. The number of aryl methyl sites for hydroxylation is 1. The number of pyridine rings is 1. The lowest BCUT2D eigenvalue weighted by molar-refractivity contribution is -0.383. The molecule has 0 aliphatic carbocycles. The number of benzene rings is 1. The molecule has 1 aromatic carbocycles. The Morgan fingerprint density at radius 1 is 1.28 bits per heavy atom. The second-order valence-electron chi connectivity index (χ2n) is 3.66. The van der Waals surface area contributed by atoms with Crippen molar-refractivity contribution in [3.8, 4) is 0 Å². The highest BCUT2D eigenvalue weighted by molar-refractivity contribution is 9.10. The Bertz CT molecular complexity index is 602. The number of nitrogens with one attached hydrogen (secondary N) is 1.